The van der Waals surface area contributed by atoms with Gasteiger partial charge in [0.1, 0.15) is 11.8 Å². The quantitative estimate of drug-likeness (QED) is 0.811. The lowest BCUT2D eigenvalue weighted by atomic mass is 9.96. The number of amides is 1. The summed E-state index contributed by atoms with van der Waals surface area (Å²) in [5.74, 6) is 0.230. The average Bonchev–Trinajstić information content (AvgIpc) is 2.84. The van der Waals surface area contributed by atoms with Crippen molar-refractivity contribution in [1.82, 2.24) is 4.90 Å². The Morgan fingerprint density at radius 1 is 1.36 bits per heavy atom. The Hall–Kier alpha value is -1.26. The molecule has 0 spiro atoms. The first-order valence-electron chi connectivity index (χ1n) is 7.49. The number of nitrogens with zero attached hydrogens (tertiary/aromatic N) is 1. The zero-order valence-electron chi connectivity index (χ0n) is 13.9. The molecule has 0 N–H and O–H groups in total. The number of methoxy groups -OCH3 is 1. The van der Waals surface area contributed by atoms with Crippen molar-refractivity contribution < 1.29 is 14.3 Å². The summed E-state index contributed by atoms with van der Waals surface area (Å²) < 4.78 is 10.9. The summed E-state index contributed by atoms with van der Waals surface area (Å²) in [4.78, 5) is 14.0. The Morgan fingerprint density at radius 3 is 2.59 bits per heavy atom. The standard InChI is InChI=1S/C17H24ClNO3/c1-11-8-12(6-7-14(11)18)13-9-15(21-5)19(10-13)16(20)22-17(2,3)4/h6-8,13,15H,9-10H2,1-5H3/t13-,15-/m1/s1. The van der Waals surface area contributed by atoms with E-state index in [9.17, 15) is 4.79 Å². The van der Waals surface area contributed by atoms with Gasteiger partial charge in [0.2, 0.25) is 0 Å². The van der Waals surface area contributed by atoms with E-state index in [0.29, 0.717) is 6.54 Å². The van der Waals surface area contributed by atoms with Crippen molar-refractivity contribution in [3.63, 3.8) is 0 Å². The Bertz CT molecular complexity index is 553. The van der Waals surface area contributed by atoms with Gasteiger partial charge in [-0.05, 0) is 44.9 Å². The largest absolute Gasteiger partial charge is 0.444 e. The first-order chi connectivity index (χ1) is 10.2. The van der Waals surface area contributed by atoms with E-state index in [-0.39, 0.29) is 18.2 Å². The summed E-state index contributed by atoms with van der Waals surface area (Å²) in [6.45, 7) is 8.17. The van der Waals surface area contributed by atoms with Crippen LogP contribution in [0.3, 0.4) is 0 Å². The molecule has 2 rings (SSSR count). The van der Waals surface area contributed by atoms with E-state index in [1.54, 1.807) is 12.0 Å². The van der Waals surface area contributed by atoms with E-state index in [1.807, 2.05) is 39.8 Å². The van der Waals surface area contributed by atoms with Gasteiger partial charge in [-0.15, -0.1) is 0 Å². The Morgan fingerprint density at radius 2 is 2.05 bits per heavy atom. The normalized spacial score (nSPS) is 22.0. The van der Waals surface area contributed by atoms with Crippen molar-refractivity contribution >= 4 is 17.7 Å². The van der Waals surface area contributed by atoms with Gasteiger partial charge in [-0.3, -0.25) is 4.90 Å². The molecule has 2 atom stereocenters. The lowest BCUT2D eigenvalue weighted by Crippen LogP contribution is -2.40. The minimum Gasteiger partial charge on any atom is -0.444 e. The summed E-state index contributed by atoms with van der Waals surface area (Å²) in [7, 11) is 1.62. The highest BCUT2D eigenvalue weighted by Gasteiger charge is 2.38. The van der Waals surface area contributed by atoms with Crippen LogP contribution in [-0.2, 0) is 9.47 Å². The highest BCUT2D eigenvalue weighted by Crippen LogP contribution is 2.34. The molecule has 1 heterocycles. The predicted molar refractivity (Wildman–Crippen MR) is 87.3 cm³/mol. The lowest BCUT2D eigenvalue weighted by molar-refractivity contribution is -0.0305. The molecule has 0 saturated carbocycles. The molecule has 22 heavy (non-hydrogen) atoms. The van der Waals surface area contributed by atoms with Crippen LogP contribution in [0.1, 0.15) is 44.2 Å². The van der Waals surface area contributed by atoms with Crippen LogP contribution >= 0.6 is 11.6 Å². The van der Waals surface area contributed by atoms with E-state index in [1.165, 1.54) is 5.56 Å². The summed E-state index contributed by atoms with van der Waals surface area (Å²) in [6.07, 6.45) is 0.181. The fourth-order valence-corrected chi connectivity index (χ4v) is 2.82. The zero-order chi connectivity index (χ0) is 16.5. The number of carbonyl (C=O) groups is 1. The number of benzene rings is 1. The molecule has 0 radical (unpaired) electrons. The van der Waals surface area contributed by atoms with Gasteiger partial charge in [-0.2, -0.15) is 0 Å². The number of halogens is 1. The van der Waals surface area contributed by atoms with Crippen LogP contribution in [0.4, 0.5) is 4.79 Å². The van der Waals surface area contributed by atoms with Gasteiger partial charge in [0.05, 0.1) is 0 Å². The third kappa shape index (κ3) is 3.93. The van der Waals surface area contributed by atoms with E-state index in [0.717, 1.165) is 17.0 Å². The molecule has 1 aliphatic heterocycles. The summed E-state index contributed by atoms with van der Waals surface area (Å²) in [5, 5.41) is 0.758. The molecule has 1 aliphatic rings. The highest BCUT2D eigenvalue weighted by molar-refractivity contribution is 6.31. The molecule has 1 fully saturated rings. The fourth-order valence-electron chi connectivity index (χ4n) is 2.70. The summed E-state index contributed by atoms with van der Waals surface area (Å²) in [5.41, 5.74) is 1.71. The molecular weight excluding hydrogens is 302 g/mol. The molecule has 1 amide bonds. The smallest absolute Gasteiger partial charge is 0.412 e. The van der Waals surface area contributed by atoms with Crippen molar-refractivity contribution in [2.75, 3.05) is 13.7 Å². The maximum Gasteiger partial charge on any atom is 0.412 e. The minimum absolute atomic E-state index is 0.230. The molecule has 0 unspecified atom stereocenters. The minimum atomic E-state index is -0.510. The first-order valence-corrected chi connectivity index (χ1v) is 7.87. The van der Waals surface area contributed by atoms with Crippen LogP contribution in [0.15, 0.2) is 18.2 Å². The number of rotatable bonds is 2. The van der Waals surface area contributed by atoms with Crippen LogP contribution in [0.5, 0.6) is 0 Å². The lowest BCUT2D eigenvalue weighted by Gasteiger charge is -2.27. The maximum absolute atomic E-state index is 12.3. The van der Waals surface area contributed by atoms with E-state index >= 15 is 0 Å². The van der Waals surface area contributed by atoms with Gasteiger partial charge in [-0.25, -0.2) is 4.79 Å². The predicted octanol–water partition coefficient (Wildman–Crippen LogP) is 4.35. The number of aryl methyl sites for hydroxylation is 1. The SMILES string of the molecule is CO[C@@H]1C[C@@H](c2ccc(Cl)c(C)c2)CN1C(=O)OC(C)(C)C. The van der Waals surface area contributed by atoms with E-state index in [4.69, 9.17) is 21.1 Å². The van der Waals surface area contributed by atoms with E-state index in [2.05, 4.69) is 6.07 Å². The molecule has 1 aromatic carbocycles. The summed E-state index contributed by atoms with van der Waals surface area (Å²) in [6, 6.07) is 6.01. The second-order valence-electron chi connectivity index (χ2n) is 6.76. The van der Waals surface area contributed by atoms with Crippen LogP contribution in [-0.4, -0.2) is 36.5 Å². The number of carbonyl (C=O) groups excluding carboxylic acids is 1. The van der Waals surface area contributed by atoms with Gasteiger partial charge in [-0.1, -0.05) is 23.7 Å². The van der Waals surface area contributed by atoms with Crippen molar-refractivity contribution in [3.8, 4) is 0 Å². The number of hydrogen-bond donors (Lipinski definition) is 0. The van der Waals surface area contributed by atoms with Crippen molar-refractivity contribution in [3.05, 3.63) is 34.3 Å². The van der Waals surface area contributed by atoms with Crippen LogP contribution in [0, 0.1) is 6.92 Å². The molecule has 4 nitrogen and oxygen atoms in total. The molecule has 0 bridgehead atoms. The van der Waals surface area contributed by atoms with Gasteiger partial charge in [0, 0.05) is 31.0 Å². The van der Waals surface area contributed by atoms with Gasteiger partial charge < -0.3 is 9.47 Å². The molecule has 122 valence electrons. The van der Waals surface area contributed by atoms with Crippen molar-refractivity contribution in [2.24, 2.45) is 0 Å². The van der Waals surface area contributed by atoms with Gasteiger partial charge in [0.25, 0.3) is 0 Å². The highest BCUT2D eigenvalue weighted by atomic mass is 35.5. The first kappa shape index (κ1) is 17.1. The topological polar surface area (TPSA) is 38.8 Å². The second kappa shape index (κ2) is 6.47. The summed E-state index contributed by atoms with van der Waals surface area (Å²) >= 11 is 6.09. The molecule has 1 aromatic rings. The maximum atomic E-state index is 12.3. The third-order valence-electron chi connectivity index (χ3n) is 3.80. The monoisotopic (exact) mass is 325 g/mol. The van der Waals surface area contributed by atoms with Crippen LogP contribution in [0.25, 0.3) is 0 Å². The zero-order valence-corrected chi connectivity index (χ0v) is 14.6. The van der Waals surface area contributed by atoms with E-state index < -0.39 is 5.60 Å². The molecule has 1 saturated heterocycles. The average molecular weight is 326 g/mol. The number of likely N-dealkylation sites (tertiary alicyclic amines) is 1. The molecule has 5 heteroatoms. The molecular formula is C17H24ClNO3. The second-order valence-corrected chi connectivity index (χ2v) is 7.17. The molecule has 0 aromatic heterocycles. The number of ether oxygens (including phenoxy) is 2. The Balaban J connectivity index is 2.14. The Labute approximate surface area is 137 Å². The van der Waals surface area contributed by atoms with Gasteiger partial charge >= 0.3 is 6.09 Å². The van der Waals surface area contributed by atoms with Crippen LogP contribution in [0.2, 0.25) is 5.02 Å². The van der Waals surface area contributed by atoms with Gasteiger partial charge in [0.15, 0.2) is 0 Å². The fraction of sp³-hybridized carbons (Fsp3) is 0.588. The molecule has 0 aliphatic carbocycles. The third-order valence-corrected chi connectivity index (χ3v) is 4.23. The van der Waals surface area contributed by atoms with Crippen molar-refractivity contribution in [1.29, 1.82) is 0 Å². The van der Waals surface area contributed by atoms with Crippen LogP contribution < -0.4 is 0 Å². The number of hydrogen-bond acceptors (Lipinski definition) is 3. The van der Waals surface area contributed by atoms with Crippen molar-refractivity contribution in [2.45, 2.75) is 51.9 Å². The Kier molecular flexibility index (Phi) is 5.03.